The molecule has 106 valence electrons. The lowest BCUT2D eigenvalue weighted by Gasteiger charge is -2.22. The molecule has 2 heterocycles. The van der Waals surface area contributed by atoms with Gasteiger partial charge in [0.25, 0.3) is 0 Å². The lowest BCUT2D eigenvalue weighted by Crippen LogP contribution is -2.48. The molecule has 8 nitrogen and oxygen atoms in total. The second kappa shape index (κ2) is 5.68. The highest BCUT2D eigenvalue weighted by Crippen LogP contribution is 2.11. The number of amides is 1. The number of aromatic amines is 1. The molecule has 2 rings (SSSR count). The van der Waals surface area contributed by atoms with Crippen LogP contribution in [-0.2, 0) is 27.8 Å². The fourth-order valence-electron chi connectivity index (χ4n) is 1.96. The van der Waals surface area contributed by atoms with E-state index in [-0.39, 0.29) is 17.7 Å². The van der Waals surface area contributed by atoms with Crippen LogP contribution in [0.5, 0.6) is 0 Å². The number of rotatable bonds is 5. The first-order chi connectivity index (χ1) is 8.96. The van der Waals surface area contributed by atoms with Crippen molar-refractivity contribution < 1.29 is 13.2 Å². The van der Waals surface area contributed by atoms with Crippen molar-refractivity contribution in [1.29, 1.82) is 0 Å². The van der Waals surface area contributed by atoms with E-state index in [4.69, 9.17) is 5.14 Å². The SMILES string of the molecule is NS(=O)(=O)CCCNC(=O)C1Cc2nc[nH]c2CN1. The highest BCUT2D eigenvalue weighted by atomic mass is 32.2. The Morgan fingerprint density at radius 3 is 3.11 bits per heavy atom. The predicted octanol–water partition coefficient (Wildman–Crippen LogP) is -1.78. The topological polar surface area (TPSA) is 130 Å². The van der Waals surface area contributed by atoms with Crippen LogP contribution in [0.4, 0.5) is 0 Å². The van der Waals surface area contributed by atoms with Crippen molar-refractivity contribution in [2.24, 2.45) is 5.14 Å². The van der Waals surface area contributed by atoms with Gasteiger partial charge in [-0.15, -0.1) is 0 Å². The number of fused-ring (bicyclic) bond motifs is 1. The number of H-pyrrole nitrogens is 1. The summed E-state index contributed by atoms with van der Waals surface area (Å²) in [6, 6.07) is -0.328. The summed E-state index contributed by atoms with van der Waals surface area (Å²) < 4.78 is 21.5. The minimum Gasteiger partial charge on any atom is -0.355 e. The summed E-state index contributed by atoms with van der Waals surface area (Å²) in [6.07, 6.45) is 2.45. The molecule has 9 heteroatoms. The van der Waals surface area contributed by atoms with Gasteiger partial charge in [-0.1, -0.05) is 0 Å². The Labute approximate surface area is 111 Å². The molecule has 5 N–H and O–H groups in total. The standard InChI is InChI=1S/C10H17N5O3S/c11-19(17,18)3-1-2-12-10(16)8-4-7-9(5-13-8)15-6-14-7/h6,8,13H,1-5H2,(H,12,16)(H,14,15)(H2,11,17,18). The fourth-order valence-corrected chi connectivity index (χ4v) is 2.51. The van der Waals surface area contributed by atoms with E-state index in [1.807, 2.05) is 0 Å². The number of hydrogen-bond donors (Lipinski definition) is 4. The normalized spacial score (nSPS) is 18.9. The largest absolute Gasteiger partial charge is 0.355 e. The van der Waals surface area contributed by atoms with E-state index in [0.717, 1.165) is 11.4 Å². The van der Waals surface area contributed by atoms with Crippen LogP contribution < -0.4 is 15.8 Å². The van der Waals surface area contributed by atoms with Crippen molar-refractivity contribution in [3.8, 4) is 0 Å². The molecule has 1 aromatic rings. The minimum atomic E-state index is -3.46. The van der Waals surface area contributed by atoms with E-state index in [9.17, 15) is 13.2 Å². The number of aromatic nitrogens is 2. The highest BCUT2D eigenvalue weighted by Gasteiger charge is 2.25. The van der Waals surface area contributed by atoms with Gasteiger partial charge >= 0.3 is 0 Å². The van der Waals surface area contributed by atoms with Crippen LogP contribution in [-0.4, -0.2) is 42.6 Å². The summed E-state index contributed by atoms with van der Waals surface area (Å²) >= 11 is 0. The van der Waals surface area contributed by atoms with Gasteiger partial charge in [0.2, 0.25) is 15.9 Å². The number of imidazole rings is 1. The molecule has 1 atom stereocenters. The van der Waals surface area contributed by atoms with Crippen molar-refractivity contribution in [3.63, 3.8) is 0 Å². The Balaban J connectivity index is 1.76. The summed E-state index contributed by atoms with van der Waals surface area (Å²) in [4.78, 5) is 19.0. The summed E-state index contributed by atoms with van der Waals surface area (Å²) in [5.41, 5.74) is 1.89. The van der Waals surface area contributed by atoms with Gasteiger partial charge in [-0.05, 0) is 6.42 Å². The van der Waals surface area contributed by atoms with Gasteiger partial charge < -0.3 is 10.3 Å². The summed E-state index contributed by atoms with van der Waals surface area (Å²) in [5.74, 6) is -0.280. The van der Waals surface area contributed by atoms with E-state index in [2.05, 4.69) is 20.6 Å². The van der Waals surface area contributed by atoms with Gasteiger partial charge in [-0.25, -0.2) is 18.5 Å². The average molecular weight is 287 g/mol. The van der Waals surface area contributed by atoms with Crippen LogP contribution in [0.15, 0.2) is 6.33 Å². The first kappa shape index (κ1) is 14.0. The van der Waals surface area contributed by atoms with Crippen LogP contribution in [0.1, 0.15) is 17.8 Å². The van der Waals surface area contributed by atoms with E-state index in [1.54, 1.807) is 6.33 Å². The first-order valence-electron chi connectivity index (χ1n) is 5.98. The number of nitrogens with one attached hydrogen (secondary N) is 3. The molecule has 1 aliphatic heterocycles. The Hall–Kier alpha value is -1.45. The first-order valence-corrected chi connectivity index (χ1v) is 7.70. The van der Waals surface area contributed by atoms with Crippen LogP contribution in [0.2, 0.25) is 0 Å². The van der Waals surface area contributed by atoms with Crippen molar-refractivity contribution in [2.75, 3.05) is 12.3 Å². The predicted molar refractivity (Wildman–Crippen MR) is 68.5 cm³/mol. The molecule has 0 aromatic carbocycles. The Morgan fingerprint density at radius 2 is 2.37 bits per heavy atom. The number of nitrogens with zero attached hydrogens (tertiary/aromatic N) is 1. The van der Waals surface area contributed by atoms with Crippen LogP contribution >= 0.6 is 0 Å². The van der Waals surface area contributed by atoms with Gasteiger partial charge in [0.15, 0.2) is 0 Å². The molecule has 0 aliphatic carbocycles. The molecule has 19 heavy (non-hydrogen) atoms. The maximum Gasteiger partial charge on any atom is 0.237 e. The molecule has 1 amide bonds. The Bertz CT molecular complexity index is 553. The van der Waals surface area contributed by atoms with E-state index >= 15 is 0 Å². The zero-order valence-electron chi connectivity index (χ0n) is 10.3. The number of carbonyl (C=O) groups is 1. The molecule has 0 radical (unpaired) electrons. The molecule has 0 bridgehead atoms. The lowest BCUT2D eigenvalue weighted by atomic mass is 10.0. The number of nitrogens with two attached hydrogens (primary N) is 1. The average Bonchev–Trinajstić information content (AvgIpc) is 2.80. The molecule has 0 fully saturated rings. The van der Waals surface area contributed by atoms with Gasteiger partial charge in [0, 0.05) is 19.5 Å². The Kier molecular flexibility index (Phi) is 4.17. The van der Waals surface area contributed by atoms with Crippen molar-refractivity contribution in [2.45, 2.75) is 25.4 Å². The van der Waals surface area contributed by atoms with Crippen molar-refractivity contribution in [3.05, 3.63) is 17.7 Å². The smallest absolute Gasteiger partial charge is 0.237 e. The van der Waals surface area contributed by atoms with Gasteiger partial charge in [-0.2, -0.15) is 0 Å². The maximum atomic E-state index is 11.9. The molecular formula is C10H17N5O3S. The van der Waals surface area contributed by atoms with Crippen LogP contribution in [0.3, 0.4) is 0 Å². The van der Waals surface area contributed by atoms with Crippen LogP contribution in [0.25, 0.3) is 0 Å². The zero-order chi connectivity index (χ0) is 13.9. The summed E-state index contributed by atoms with van der Waals surface area (Å²) in [6.45, 7) is 0.867. The fraction of sp³-hybridized carbons (Fsp3) is 0.600. The molecule has 1 unspecified atom stereocenters. The molecule has 1 aliphatic rings. The molecule has 1 aromatic heterocycles. The third-order valence-corrected chi connectivity index (χ3v) is 3.81. The van der Waals surface area contributed by atoms with Crippen LogP contribution in [0, 0.1) is 0 Å². The van der Waals surface area contributed by atoms with E-state index in [1.165, 1.54) is 0 Å². The monoisotopic (exact) mass is 287 g/mol. The second-order valence-corrected chi connectivity index (χ2v) is 6.21. The summed E-state index contributed by atoms with van der Waals surface area (Å²) in [5, 5.41) is 10.7. The summed E-state index contributed by atoms with van der Waals surface area (Å²) in [7, 11) is -3.46. The van der Waals surface area contributed by atoms with Gasteiger partial charge in [-0.3, -0.25) is 10.1 Å². The lowest BCUT2D eigenvalue weighted by molar-refractivity contribution is -0.123. The third-order valence-electron chi connectivity index (χ3n) is 2.95. The number of sulfonamides is 1. The second-order valence-electron chi connectivity index (χ2n) is 4.48. The molecule has 0 spiro atoms. The molecular weight excluding hydrogens is 270 g/mol. The Morgan fingerprint density at radius 1 is 1.58 bits per heavy atom. The van der Waals surface area contributed by atoms with Gasteiger partial charge in [0.05, 0.1) is 29.5 Å². The van der Waals surface area contributed by atoms with E-state index < -0.39 is 10.0 Å². The van der Waals surface area contributed by atoms with Crippen molar-refractivity contribution >= 4 is 15.9 Å². The highest BCUT2D eigenvalue weighted by molar-refractivity contribution is 7.89. The van der Waals surface area contributed by atoms with E-state index in [0.29, 0.717) is 25.9 Å². The van der Waals surface area contributed by atoms with Gasteiger partial charge in [0.1, 0.15) is 0 Å². The molecule has 0 saturated heterocycles. The minimum absolute atomic E-state index is 0.130. The molecule has 0 saturated carbocycles. The number of carbonyl (C=O) groups excluding carboxylic acids is 1. The third kappa shape index (κ3) is 4.01. The number of primary sulfonamides is 1. The quantitative estimate of drug-likeness (QED) is 0.476. The zero-order valence-corrected chi connectivity index (χ0v) is 11.2. The van der Waals surface area contributed by atoms with Crippen molar-refractivity contribution in [1.82, 2.24) is 20.6 Å². The maximum absolute atomic E-state index is 11.9. The number of hydrogen-bond acceptors (Lipinski definition) is 5.